The van der Waals surface area contributed by atoms with Crippen LogP contribution in [0.15, 0.2) is 65.1 Å². The van der Waals surface area contributed by atoms with Gasteiger partial charge in [0.05, 0.1) is 10.2 Å². The lowest BCUT2D eigenvalue weighted by molar-refractivity contribution is 0.252. The molecule has 4 aromatic rings. The second-order valence-corrected chi connectivity index (χ2v) is 7.44. The number of anilines is 1. The maximum atomic E-state index is 12.2. The number of benzene rings is 3. The number of nitrogens with one attached hydrogen (secondary N) is 2. The molecule has 4 rings (SSSR count). The van der Waals surface area contributed by atoms with Crippen molar-refractivity contribution in [1.29, 1.82) is 0 Å². The number of aromatic nitrogens is 1. The first-order chi connectivity index (χ1) is 12.2. The minimum Gasteiger partial charge on any atom is -0.334 e. The van der Waals surface area contributed by atoms with Crippen LogP contribution < -0.4 is 10.6 Å². The van der Waals surface area contributed by atoms with Crippen molar-refractivity contribution in [3.63, 3.8) is 0 Å². The van der Waals surface area contributed by atoms with Crippen LogP contribution in [0.1, 0.15) is 5.56 Å². The van der Waals surface area contributed by atoms with Crippen molar-refractivity contribution in [2.24, 2.45) is 0 Å². The Morgan fingerprint density at radius 3 is 2.72 bits per heavy atom. The quantitative estimate of drug-likeness (QED) is 0.465. The molecule has 0 aliphatic carbocycles. The van der Waals surface area contributed by atoms with Crippen LogP contribution in [0.4, 0.5) is 9.93 Å². The average Bonchev–Trinajstić information content (AvgIpc) is 3.04. The van der Waals surface area contributed by atoms with E-state index >= 15 is 0 Å². The van der Waals surface area contributed by atoms with Gasteiger partial charge in [0.25, 0.3) is 0 Å². The van der Waals surface area contributed by atoms with E-state index in [4.69, 9.17) is 0 Å². The summed E-state index contributed by atoms with van der Waals surface area (Å²) in [6.45, 7) is 0.460. The molecular weight excluding hydrogens is 398 g/mol. The first-order valence-corrected chi connectivity index (χ1v) is 9.38. The Kier molecular flexibility index (Phi) is 4.38. The van der Waals surface area contributed by atoms with E-state index in [0.29, 0.717) is 11.7 Å². The van der Waals surface area contributed by atoms with Crippen molar-refractivity contribution in [3.8, 4) is 0 Å². The Labute approximate surface area is 157 Å². The number of carbonyl (C=O) groups is 1. The Balaban J connectivity index is 1.47. The van der Waals surface area contributed by atoms with E-state index in [1.807, 2.05) is 42.5 Å². The third-order valence-electron chi connectivity index (χ3n) is 3.91. The summed E-state index contributed by atoms with van der Waals surface area (Å²) in [5, 5.41) is 8.61. The molecule has 6 heteroatoms. The van der Waals surface area contributed by atoms with E-state index in [0.717, 1.165) is 25.6 Å². The van der Waals surface area contributed by atoms with Gasteiger partial charge in [-0.3, -0.25) is 5.32 Å². The molecule has 0 atom stereocenters. The summed E-state index contributed by atoms with van der Waals surface area (Å²) >= 11 is 4.93. The molecule has 0 fully saturated rings. The Hall–Kier alpha value is -2.44. The minimum absolute atomic E-state index is 0.261. The summed E-state index contributed by atoms with van der Waals surface area (Å²) in [6.07, 6.45) is 0. The van der Waals surface area contributed by atoms with Gasteiger partial charge in [-0.25, -0.2) is 9.78 Å². The summed E-state index contributed by atoms with van der Waals surface area (Å²) in [7, 11) is 0. The predicted molar refractivity (Wildman–Crippen MR) is 107 cm³/mol. The minimum atomic E-state index is -0.261. The third-order valence-corrected chi connectivity index (χ3v) is 5.49. The van der Waals surface area contributed by atoms with Crippen LogP contribution >= 0.6 is 27.3 Å². The molecule has 4 nitrogen and oxygen atoms in total. The molecule has 0 aliphatic heterocycles. The highest BCUT2D eigenvalue weighted by Crippen LogP contribution is 2.30. The van der Waals surface area contributed by atoms with Gasteiger partial charge < -0.3 is 5.32 Å². The van der Waals surface area contributed by atoms with Crippen LogP contribution in [-0.2, 0) is 6.54 Å². The van der Waals surface area contributed by atoms with E-state index in [1.54, 1.807) is 0 Å². The molecule has 0 saturated carbocycles. The fourth-order valence-electron chi connectivity index (χ4n) is 2.73. The van der Waals surface area contributed by atoms with Gasteiger partial charge >= 0.3 is 6.03 Å². The van der Waals surface area contributed by atoms with Crippen LogP contribution in [-0.4, -0.2) is 11.0 Å². The third kappa shape index (κ3) is 3.36. The molecule has 0 bridgehead atoms. The predicted octanol–water partition coefficient (Wildman–Crippen LogP) is 5.53. The van der Waals surface area contributed by atoms with Crippen molar-refractivity contribution in [1.82, 2.24) is 10.3 Å². The lowest BCUT2D eigenvalue weighted by atomic mass is 10.0. The fourth-order valence-corrected chi connectivity index (χ4v) is 4.21. The molecule has 0 aliphatic rings. The number of thiazole rings is 1. The number of halogens is 1. The number of para-hydroxylation sites is 1. The summed E-state index contributed by atoms with van der Waals surface area (Å²) in [4.78, 5) is 16.7. The summed E-state index contributed by atoms with van der Waals surface area (Å²) in [5.74, 6) is 0. The lowest BCUT2D eigenvalue weighted by Gasteiger charge is -2.08. The zero-order valence-electron chi connectivity index (χ0n) is 13.1. The topological polar surface area (TPSA) is 54.0 Å². The zero-order valence-corrected chi connectivity index (χ0v) is 15.5. The standard InChI is InChI=1S/C19H14BrN3OS/c20-15-9-4-10-16-17(15)22-19(25-16)23-18(24)21-11-13-7-3-6-12-5-1-2-8-14(12)13/h1-10H,11H2,(H2,21,22,23,24). The number of urea groups is 1. The number of fused-ring (bicyclic) bond motifs is 2. The highest BCUT2D eigenvalue weighted by atomic mass is 79.9. The van der Waals surface area contributed by atoms with E-state index in [2.05, 4.69) is 49.7 Å². The highest BCUT2D eigenvalue weighted by Gasteiger charge is 2.10. The second kappa shape index (κ2) is 6.82. The van der Waals surface area contributed by atoms with Crippen molar-refractivity contribution < 1.29 is 4.79 Å². The second-order valence-electron chi connectivity index (χ2n) is 5.55. The number of carbonyl (C=O) groups excluding carboxylic acids is 1. The monoisotopic (exact) mass is 411 g/mol. The Morgan fingerprint density at radius 1 is 1.04 bits per heavy atom. The molecule has 1 heterocycles. The van der Waals surface area contributed by atoms with Gasteiger partial charge in [-0.2, -0.15) is 0 Å². The molecule has 0 spiro atoms. The largest absolute Gasteiger partial charge is 0.334 e. The van der Waals surface area contributed by atoms with Crippen LogP contribution in [0.2, 0.25) is 0 Å². The van der Waals surface area contributed by atoms with Crippen LogP contribution in [0.3, 0.4) is 0 Å². The van der Waals surface area contributed by atoms with Gasteiger partial charge in [0.2, 0.25) is 0 Å². The van der Waals surface area contributed by atoms with Crippen molar-refractivity contribution >= 4 is 59.4 Å². The lowest BCUT2D eigenvalue weighted by Crippen LogP contribution is -2.28. The molecule has 2 N–H and O–H groups in total. The van der Waals surface area contributed by atoms with Crippen molar-refractivity contribution in [3.05, 3.63) is 70.7 Å². The summed E-state index contributed by atoms with van der Waals surface area (Å²) in [5.41, 5.74) is 1.94. The maximum absolute atomic E-state index is 12.2. The van der Waals surface area contributed by atoms with Crippen molar-refractivity contribution in [2.45, 2.75) is 6.54 Å². The molecule has 3 aromatic carbocycles. The highest BCUT2D eigenvalue weighted by molar-refractivity contribution is 9.10. The maximum Gasteiger partial charge on any atom is 0.321 e. The first kappa shape index (κ1) is 16.1. The first-order valence-electron chi connectivity index (χ1n) is 7.77. The van der Waals surface area contributed by atoms with Gasteiger partial charge in [-0.1, -0.05) is 59.9 Å². The van der Waals surface area contributed by atoms with Gasteiger partial charge in [0, 0.05) is 11.0 Å². The number of amides is 2. The van der Waals surface area contributed by atoms with Gasteiger partial charge in [-0.15, -0.1) is 0 Å². The smallest absolute Gasteiger partial charge is 0.321 e. The molecule has 25 heavy (non-hydrogen) atoms. The van der Waals surface area contributed by atoms with Gasteiger partial charge in [-0.05, 0) is 44.4 Å². The molecule has 0 unspecified atom stereocenters. The molecule has 1 aromatic heterocycles. The Bertz CT molecular complexity index is 1070. The van der Waals surface area contributed by atoms with E-state index < -0.39 is 0 Å². The number of nitrogens with zero attached hydrogens (tertiary/aromatic N) is 1. The normalized spacial score (nSPS) is 10.9. The van der Waals surface area contributed by atoms with Crippen LogP contribution in [0.25, 0.3) is 21.0 Å². The fraction of sp³-hybridized carbons (Fsp3) is 0.0526. The molecule has 0 saturated heterocycles. The van der Waals surface area contributed by atoms with Gasteiger partial charge in [0.1, 0.15) is 0 Å². The average molecular weight is 412 g/mol. The van der Waals surface area contributed by atoms with Crippen LogP contribution in [0.5, 0.6) is 0 Å². The van der Waals surface area contributed by atoms with Gasteiger partial charge in [0.15, 0.2) is 5.13 Å². The molecular formula is C19H14BrN3OS. The van der Waals surface area contributed by atoms with Crippen LogP contribution in [0, 0.1) is 0 Å². The number of rotatable bonds is 3. The SMILES string of the molecule is O=C(NCc1cccc2ccccc12)Nc1nc2c(Br)cccc2s1. The van der Waals surface area contributed by atoms with Crippen molar-refractivity contribution in [2.75, 3.05) is 5.32 Å². The summed E-state index contributed by atoms with van der Waals surface area (Å²) < 4.78 is 1.95. The number of hydrogen-bond acceptors (Lipinski definition) is 3. The summed E-state index contributed by atoms with van der Waals surface area (Å²) in [6, 6.07) is 19.9. The Morgan fingerprint density at radius 2 is 1.84 bits per heavy atom. The molecule has 124 valence electrons. The molecule has 2 amide bonds. The van der Waals surface area contributed by atoms with E-state index in [1.165, 1.54) is 16.7 Å². The van der Waals surface area contributed by atoms with E-state index in [-0.39, 0.29) is 6.03 Å². The number of hydrogen-bond donors (Lipinski definition) is 2. The zero-order chi connectivity index (χ0) is 17.2. The van der Waals surface area contributed by atoms with E-state index in [9.17, 15) is 4.79 Å². The molecule has 0 radical (unpaired) electrons.